The molecule has 0 aromatic heterocycles. The highest BCUT2D eigenvalue weighted by atomic mass is 32.2. The zero-order chi connectivity index (χ0) is 15.5. The summed E-state index contributed by atoms with van der Waals surface area (Å²) in [6.45, 7) is 4.67. The van der Waals surface area contributed by atoms with Gasteiger partial charge in [-0.05, 0) is 56.2 Å². The molecule has 0 bridgehead atoms. The number of nitrogens with one attached hydrogen (secondary N) is 1. The number of aryl methyl sites for hydroxylation is 1. The van der Waals surface area contributed by atoms with Gasteiger partial charge in [-0.2, -0.15) is 0 Å². The van der Waals surface area contributed by atoms with Crippen molar-refractivity contribution < 1.29 is 8.42 Å². The SMILES string of the molecule is CCNC(CC1CCCc2ccccc21)C(C)S(C)(=O)=O. The van der Waals surface area contributed by atoms with Crippen molar-refractivity contribution in [2.75, 3.05) is 12.8 Å². The third kappa shape index (κ3) is 4.07. The van der Waals surface area contributed by atoms with Crippen LogP contribution in [0, 0.1) is 0 Å². The molecule has 3 nitrogen and oxygen atoms in total. The van der Waals surface area contributed by atoms with Crippen molar-refractivity contribution in [3.8, 4) is 0 Å². The van der Waals surface area contributed by atoms with Crippen molar-refractivity contribution in [1.82, 2.24) is 5.32 Å². The van der Waals surface area contributed by atoms with E-state index >= 15 is 0 Å². The zero-order valence-corrected chi connectivity index (χ0v) is 14.1. The maximum atomic E-state index is 11.9. The van der Waals surface area contributed by atoms with E-state index in [9.17, 15) is 8.42 Å². The molecule has 1 aromatic rings. The lowest BCUT2D eigenvalue weighted by Crippen LogP contribution is -2.43. The molecule has 0 aliphatic heterocycles. The molecule has 118 valence electrons. The van der Waals surface area contributed by atoms with E-state index in [-0.39, 0.29) is 11.3 Å². The van der Waals surface area contributed by atoms with Crippen LogP contribution < -0.4 is 5.32 Å². The second kappa shape index (κ2) is 6.93. The molecule has 0 saturated heterocycles. The molecule has 1 aromatic carbocycles. The molecule has 0 saturated carbocycles. The summed E-state index contributed by atoms with van der Waals surface area (Å²) in [7, 11) is -3.01. The van der Waals surface area contributed by atoms with E-state index in [0.717, 1.165) is 25.8 Å². The molecule has 0 radical (unpaired) electrons. The predicted octanol–water partition coefficient (Wildman–Crippen LogP) is 2.91. The molecule has 0 amide bonds. The third-order valence-electron chi connectivity index (χ3n) is 4.74. The molecule has 1 aliphatic rings. The van der Waals surface area contributed by atoms with Crippen LogP contribution in [-0.4, -0.2) is 32.5 Å². The van der Waals surface area contributed by atoms with Crippen molar-refractivity contribution in [3.63, 3.8) is 0 Å². The van der Waals surface area contributed by atoms with E-state index in [1.165, 1.54) is 23.8 Å². The van der Waals surface area contributed by atoms with Crippen LogP contribution in [0.15, 0.2) is 24.3 Å². The Kier molecular flexibility index (Phi) is 5.44. The lowest BCUT2D eigenvalue weighted by atomic mass is 9.79. The van der Waals surface area contributed by atoms with Gasteiger partial charge in [0.15, 0.2) is 9.84 Å². The van der Waals surface area contributed by atoms with Gasteiger partial charge in [-0.25, -0.2) is 8.42 Å². The van der Waals surface area contributed by atoms with Crippen molar-refractivity contribution in [1.29, 1.82) is 0 Å². The average Bonchev–Trinajstić information content (AvgIpc) is 2.45. The summed E-state index contributed by atoms with van der Waals surface area (Å²) in [6.07, 6.45) is 5.76. The average molecular weight is 309 g/mol. The van der Waals surface area contributed by atoms with Gasteiger partial charge in [0.2, 0.25) is 0 Å². The molecular weight excluding hydrogens is 282 g/mol. The van der Waals surface area contributed by atoms with E-state index in [1.807, 2.05) is 13.8 Å². The molecule has 0 spiro atoms. The van der Waals surface area contributed by atoms with Crippen molar-refractivity contribution in [2.45, 2.75) is 56.7 Å². The van der Waals surface area contributed by atoms with Crippen LogP contribution in [0.25, 0.3) is 0 Å². The second-order valence-corrected chi connectivity index (χ2v) is 8.63. The Balaban J connectivity index is 2.18. The number of rotatable bonds is 6. The molecule has 21 heavy (non-hydrogen) atoms. The topological polar surface area (TPSA) is 46.2 Å². The van der Waals surface area contributed by atoms with Crippen molar-refractivity contribution in [2.24, 2.45) is 0 Å². The van der Waals surface area contributed by atoms with Crippen LogP contribution in [0.1, 0.15) is 50.2 Å². The maximum Gasteiger partial charge on any atom is 0.151 e. The zero-order valence-electron chi connectivity index (χ0n) is 13.3. The van der Waals surface area contributed by atoms with E-state index in [1.54, 1.807) is 0 Å². The van der Waals surface area contributed by atoms with Crippen LogP contribution in [0.3, 0.4) is 0 Å². The normalized spacial score (nSPS) is 21.6. The lowest BCUT2D eigenvalue weighted by molar-refractivity contribution is 0.406. The first-order chi connectivity index (χ1) is 9.93. The summed E-state index contributed by atoms with van der Waals surface area (Å²) in [5.41, 5.74) is 2.86. The highest BCUT2D eigenvalue weighted by Crippen LogP contribution is 2.35. The minimum atomic E-state index is -3.01. The van der Waals surface area contributed by atoms with Crippen LogP contribution in [0.4, 0.5) is 0 Å². The number of fused-ring (bicyclic) bond motifs is 1. The number of sulfone groups is 1. The van der Waals surface area contributed by atoms with Gasteiger partial charge in [-0.3, -0.25) is 0 Å². The number of hydrogen-bond donors (Lipinski definition) is 1. The summed E-state index contributed by atoms with van der Waals surface area (Å²) in [5.74, 6) is 0.475. The molecule has 2 rings (SSSR count). The summed E-state index contributed by atoms with van der Waals surface area (Å²) in [6, 6.07) is 8.65. The van der Waals surface area contributed by atoms with Crippen LogP contribution in [-0.2, 0) is 16.3 Å². The Morgan fingerprint density at radius 1 is 1.33 bits per heavy atom. The van der Waals surface area contributed by atoms with Gasteiger partial charge in [0.1, 0.15) is 0 Å². The summed E-state index contributed by atoms with van der Waals surface area (Å²) in [4.78, 5) is 0. The number of hydrogen-bond acceptors (Lipinski definition) is 3. The van der Waals surface area contributed by atoms with Crippen molar-refractivity contribution in [3.05, 3.63) is 35.4 Å². The fourth-order valence-corrected chi connectivity index (χ4v) is 4.21. The van der Waals surface area contributed by atoms with Gasteiger partial charge < -0.3 is 5.32 Å². The maximum absolute atomic E-state index is 11.9. The molecule has 3 atom stereocenters. The van der Waals surface area contributed by atoms with Gasteiger partial charge in [-0.15, -0.1) is 0 Å². The Bertz CT molecular complexity index is 568. The predicted molar refractivity (Wildman–Crippen MR) is 88.5 cm³/mol. The third-order valence-corrected chi connectivity index (χ3v) is 6.42. The van der Waals surface area contributed by atoms with Crippen LogP contribution >= 0.6 is 0 Å². The Labute approximate surface area is 129 Å². The first-order valence-corrected chi connectivity index (χ1v) is 9.89. The lowest BCUT2D eigenvalue weighted by Gasteiger charge is -2.31. The first kappa shape index (κ1) is 16.5. The molecule has 0 heterocycles. The van der Waals surface area contributed by atoms with E-state index in [4.69, 9.17) is 0 Å². The van der Waals surface area contributed by atoms with Gasteiger partial charge in [-0.1, -0.05) is 31.2 Å². The van der Waals surface area contributed by atoms with E-state index < -0.39 is 9.84 Å². The summed E-state index contributed by atoms with van der Waals surface area (Å²) < 4.78 is 23.8. The first-order valence-electron chi connectivity index (χ1n) is 7.93. The minimum Gasteiger partial charge on any atom is -0.313 e. The van der Waals surface area contributed by atoms with Crippen LogP contribution in [0.5, 0.6) is 0 Å². The quantitative estimate of drug-likeness (QED) is 0.879. The molecule has 1 N–H and O–H groups in total. The number of benzene rings is 1. The highest BCUT2D eigenvalue weighted by Gasteiger charge is 2.30. The van der Waals surface area contributed by atoms with E-state index in [2.05, 4.69) is 29.6 Å². The van der Waals surface area contributed by atoms with E-state index in [0.29, 0.717) is 5.92 Å². The minimum absolute atomic E-state index is 0.0288. The molecule has 3 unspecified atom stereocenters. The largest absolute Gasteiger partial charge is 0.313 e. The van der Waals surface area contributed by atoms with Crippen LogP contribution in [0.2, 0.25) is 0 Å². The summed E-state index contributed by atoms with van der Waals surface area (Å²) in [5, 5.41) is 3.05. The smallest absolute Gasteiger partial charge is 0.151 e. The fraction of sp³-hybridized carbons (Fsp3) is 0.647. The highest BCUT2D eigenvalue weighted by molar-refractivity contribution is 7.91. The van der Waals surface area contributed by atoms with Gasteiger partial charge >= 0.3 is 0 Å². The second-order valence-electron chi connectivity index (χ2n) is 6.22. The molecule has 1 aliphatic carbocycles. The molecule has 0 fully saturated rings. The molecule has 4 heteroatoms. The molecular formula is C17H27NO2S. The van der Waals surface area contributed by atoms with Gasteiger partial charge in [0, 0.05) is 12.3 Å². The van der Waals surface area contributed by atoms with Crippen molar-refractivity contribution >= 4 is 9.84 Å². The van der Waals surface area contributed by atoms with Gasteiger partial charge in [0.05, 0.1) is 5.25 Å². The summed E-state index contributed by atoms with van der Waals surface area (Å²) >= 11 is 0. The standard InChI is InChI=1S/C17H27NO2S/c1-4-18-17(13(2)21(3,19)20)12-15-10-7-9-14-8-5-6-11-16(14)15/h5-6,8,11,13,15,17-18H,4,7,9-10,12H2,1-3H3. The monoisotopic (exact) mass is 309 g/mol. The fourth-order valence-electron chi connectivity index (χ4n) is 3.41. The Hall–Kier alpha value is -0.870. The van der Waals surface area contributed by atoms with Gasteiger partial charge in [0.25, 0.3) is 0 Å². The Morgan fingerprint density at radius 2 is 2.05 bits per heavy atom. The Morgan fingerprint density at radius 3 is 2.71 bits per heavy atom.